The first-order valence-corrected chi connectivity index (χ1v) is 7.29. The number of ether oxygens (including phenoxy) is 1. The van der Waals surface area contributed by atoms with Gasteiger partial charge in [-0.25, -0.2) is 0 Å². The maximum Gasteiger partial charge on any atom is 0.124 e. The molecule has 2 heterocycles. The summed E-state index contributed by atoms with van der Waals surface area (Å²) in [7, 11) is 0. The summed E-state index contributed by atoms with van der Waals surface area (Å²) < 4.78 is 5.63. The second-order valence-electron chi connectivity index (χ2n) is 6.26. The van der Waals surface area contributed by atoms with Crippen molar-refractivity contribution in [3.63, 3.8) is 0 Å². The molecule has 0 bridgehead atoms. The number of benzene rings is 1. The molecule has 1 aromatic carbocycles. The summed E-state index contributed by atoms with van der Waals surface area (Å²) in [6, 6.07) is 8.21. The van der Waals surface area contributed by atoms with Gasteiger partial charge in [-0.1, -0.05) is 32.0 Å². The van der Waals surface area contributed by atoms with E-state index in [4.69, 9.17) is 4.74 Å². The molecule has 0 spiro atoms. The lowest BCUT2D eigenvalue weighted by Crippen LogP contribution is -2.48. The zero-order valence-electron chi connectivity index (χ0n) is 11.7. The summed E-state index contributed by atoms with van der Waals surface area (Å²) in [5.41, 5.74) is 1.14. The van der Waals surface area contributed by atoms with E-state index in [1.807, 2.05) is 18.2 Å². The van der Waals surface area contributed by atoms with Crippen molar-refractivity contribution >= 4 is 0 Å². The molecule has 104 valence electrons. The molecule has 0 amide bonds. The van der Waals surface area contributed by atoms with Gasteiger partial charge in [-0.05, 0) is 24.3 Å². The number of piperidine rings is 1. The number of aliphatic hydroxyl groups is 1. The van der Waals surface area contributed by atoms with Crippen molar-refractivity contribution in [1.82, 2.24) is 4.90 Å². The van der Waals surface area contributed by atoms with E-state index in [1.54, 1.807) is 0 Å². The summed E-state index contributed by atoms with van der Waals surface area (Å²) in [4.78, 5) is 2.45. The van der Waals surface area contributed by atoms with Crippen LogP contribution in [0.1, 0.15) is 31.9 Å². The normalized spacial score (nSPS) is 35.5. The Morgan fingerprint density at radius 2 is 1.84 bits per heavy atom. The molecule has 19 heavy (non-hydrogen) atoms. The molecule has 3 nitrogen and oxygen atoms in total. The number of likely N-dealkylation sites (tertiary alicyclic amines) is 1. The lowest BCUT2D eigenvalue weighted by Gasteiger charge is -2.44. The number of aliphatic hydroxyl groups excluding tert-OH is 1. The van der Waals surface area contributed by atoms with Crippen LogP contribution in [-0.2, 0) is 0 Å². The highest BCUT2D eigenvalue weighted by molar-refractivity contribution is 5.38. The zero-order valence-corrected chi connectivity index (χ0v) is 11.7. The van der Waals surface area contributed by atoms with Crippen molar-refractivity contribution in [2.75, 3.05) is 19.7 Å². The van der Waals surface area contributed by atoms with Gasteiger partial charge in [-0.3, -0.25) is 4.90 Å². The van der Waals surface area contributed by atoms with Crippen LogP contribution >= 0.6 is 0 Å². The summed E-state index contributed by atoms with van der Waals surface area (Å²) in [6.07, 6.45) is 0.865. The molecule has 1 saturated heterocycles. The minimum atomic E-state index is -0.424. The fraction of sp³-hybridized carbons (Fsp3) is 0.625. The maximum atomic E-state index is 10.4. The van der Waals surface area contributed by atoms with Crippen molar-refractivity contribution in [3.8, 4) is 5.75 Å². The number of fused-ring (bicyclic) bond motifs is 1. The molecule has 2 aliphatic rings. The summed E-state index contributed by atoms with van der Waals surface area (Å²) in [5.74, 6) is 2.33. The molecule has 1 aromatic rings. The molecule has 0 saturated carbocycles. The van der Waals surface area contributed by atoms with Crippen molar-refractivity contribution in [2.24, 2.45) is 11.8 Å². The van der Waals surface area contributed by atoms with Gasteiger partial charge in [-0.15, -0.1) is 0 Å². The Hall–Kier alpha value is -1.06. The largest absolute Gasteiger partial charge is 0.490 e. The Bertz CT molecular complexity index is 438. The third-order valence-electron chi connectivity index (χ3n) is 4.30. The Kier molecular flexibility index (Phi) is 3.50. The van der Waals surface area contributed by atoms with Gasteiger partial charge in [-0.2, -0.15) is 0 Å². The van der Waals surface area contributed by atoms with Crippen LogP contribution in [0.25, 0.3) is 0 Å². The molecular formula is C16H23NO2. The lowest BCUT2D eigenvalue weighted by molar-refractivity contribution is -0.0230. The first kappa shape index (κ1) is 12.9. The summed E-state index contributed by atoms with van der Waals surface area (Å²) in [6.45, 7) is 7.16. The molecule has 3 heteroatoms. The smallest absolute Gasteiger partial charge is 0.124 e. The molecule has 0 aliphatic carbocycles. The molecule has 0 radical (unpaired) electrons. The van der Waals surface area contributed by atoms with Crippen LogP contribution in [0.5, 0.6) is 5.75 Å². The van der Waals surface area contributed by atoms with E-state index in [1.165, 1.54) is 6.42 Å². The number of rotatable bonds is 1. The highest BCUT2D eigenvalue weighted by Gasteiger charge is 2.36. The monoisotopic (exact) mass is 261 g/mol. The fourth-order valence-electron chi connectivity index (χ4n) is 3.71. The number of hydrogen-bond donors (Lipinski definition) is 1. The van der Waals surface area contributed by atoms with E-state index in [2.05, 4.69) is 24.8 Å². The van der Waals surface area contributed by atoms with Crippen LogP contribution in [0.15, 0.2) is 24.3 Å². The molecule has 2 aliphatic heterocycles. The summed E-state index contributed by atoms with van der Waals surface area (Å²) in [5, 5.41) is 10.4. The summed E-state index contributed by atoms with van der Waals surface area (Å²) >= 11 is 0. The molecule has 0 aromatic heterocycles. The highest BCUT2D eigenvalue weighted by Crippen LogP contribution is 2.38. The highest BCUT2D eigenvalue weighted by atomic mass is 16.5. The van der Waals surface area contributed by atoms with Crippen LogP contribution < -0.4 is 4.74 Å². The quantitative estimate of drug-likeness (QED) is 0.843. The maximum absolute atomic E-state index is 10.4. The van der Waals surface area contributed by atoms with Gasteiger partial charge in [0.2, 0.25) is 0 Å². The van der Waals surface area contributed by atoms with Gasteiger partial charge in [0, 0.05) is 18.7 Å². The van der Waals surface area contributed by atoms with E-state index in [9.17, 15) is 5.11 Å². The average Bonchev–Trinajstić information content (AvgIpc) is 2.37. The molecule has 4 atom stereocenters. The third-order valence-corrected chi connectivity index (χ3v) is 4.30. The zero-order chi connectivity index (χ0) is 13.4. The van der Waals surface area contributed by atoms with E-state index >= 15 is 0 Å². The second-order valence-corrected chi connectivity index (χ2v) is 6.26. The minimum Gasteiger partial charge on any atom is -0.490 e. The van der Waals surface area contributed by atoms with Crippen molar-refractivity contribution in [2.45, 2.75) is 32.4 Å². The van der Waals surface area contributed by atoms with E-state index in [-0.39, 0.29) is 6.04 Å². The number of hydrogen-bond acceptors (Lipinski definition) is 3. The SMILES string of the molecule is CC1CC(C)CN(C2c3ccccc3OCC2O)C1. The Labute approximate surface area is 115 Å². The molecule has 1 N–H and O–H groups in total. The number of nitrogens with zero attached hydrogens (tertiary/aromatic N) is 1. The van der Waals surface area contributed by atoms with Gasteiger partial charge in [0.05, 0.1) is 6.04 Å². The predicted octanol–water partition coefficient (Wildman–Crippen LogP) is 2.46. The topological polar surface area (TPSA) is 32.7 Å². The fourth-order valence-corrected chi connectivity index (χ4v) is 3.71. The lowest BCUT2D eigenvalue weighted by atomic mass is 9.87. The van der Waals surface area contributed by atoms with Crippen molar-refractivity contribution < 1.29 is 9.84 Å². The van der Waals surface area contributed by atoms with E-state index in [0.29, 0.717) is 18.4 Å². The van der Waals surface area contributed by atoms with E-state index in [0.717, 1.165) is 24.4 Å². The van der Waals surface area contributed by atoms with Gasteiger partial charge < -0.3 is 9.84 Å². The van der Waals surface area contributed by atoms with Crippen LogP contribution in [0, 0.1) is 11.8 Å². The number of para-hydroxylation sites is 1. The minimum absolute atomic E-state index is 0.0927. The van der Waals surface area contributed by atoms with Gasteiger partial charge >= 0.3 is 0 Å². The standard InChI is InChI=1S/C16H23NO2/c1-11-7-12(2)9-17(8-11)16-13-5-3-4-6-15(13)19-10-14(16)18/h3-6,11-12,14,16,18H,7-10H2,1-2H3. The van der Waals surface area contributed by atoms with E-state index < -0.39 is 6.10 Å². The molecular weight excluding hydrogens is 238 g/mol. The second kappa shape index (κ2) is 5.14. The molecule has 1 fully saturated rings. The third kappa shape index (κ3) is 2.49. The van der Waals surface area contributed by atoms with Gasteiger partial charge in [0.25, 0.3) is 0 Å². The van der Waals surface area contributed by atoms with Crippen LogP contribution in [0.3, 0.4) is 0 Å². The Balaban J connectivity index is 1.90. The first-order valence-electron chi connectivity index (χ1n) is 7.29. The van der Waals surface area contributed by atoms with Crippen LogP contribution in [0.4, 0.5) is 0 Å². The Morgan fingerprint density at radius 3 is 2.58 bits per heavy atom. The van der Waals surface area contributed by atoms with Gasteiger partial charge in [0.1, 0.15) is 18.5 Å². The van der Waals surface area contributed by atoms with Crippen molar-refractivity contribution in [3.05, 3.63) is 29.8 Å². The predicted molar refractivity (Wildman–Crippen MR) is 75.2 cm³/mol. The Morgan fingerprint density at radius 1 is 1.16 bits per heavy atom. The molecule has 3 rings (SSSR count). The van der Waals surface area contributed by atoms with Crippen LogP contribution in [-0.4, -0.2) is 35.8 Å². The average molecular weight is 261 g/mol. The van der Waals surface area contributed by atoms with Crippen molar-refractivity contribution in [1.29, 1.82) is 0 Å². The van der Waals surface area contributed by atoms with Gasteiger partial charge in [0.15, 0.2) is 0 Å². The molecule has 4 unspecified atom stereocenters. The van der Waals surface area contributed by atoms with Crippen LogP contribution in [0.2, 0.25) is 0 Å². The first-order chi connectivity index (χ1) is 9.15.